The van der Waals surface area contributed by atoms with Gasteiger partial charge in [0.1, 0.15) is 0 Å². The average Bonchev–Trinajstić information content (AvgIpc) is 2.83. The van der Waals surface area contributed by atoms with E-state index in [1.807, 2.05) is 0 Å². The van der Waals surface area contributed by atoms with E-state index in [0.29, 0.717) is 24.3 Å². The van der Waals surface area contributed by atoms with Gasteiger partial charge in [0.05, 0.1) is 15.4 Å². The molecule has 1 N–H and O–H groups in total. The number of benzene rings is 2. The topological polar surface area (TPSA) is 130 Å². The summed E-state index contributed by atoms with van der Waals surface area (Å²) in [6.07, 6.45) is 2.57. The van der Waals surface area contributed by atoms with Crippen molar-refractivity contribution in [3.05, 3.63) is 53.6 Å². The molecule has 0 bridgehead atoms. The third-order valence-corrected chi connectivity index (χ3v) is 9.36. The van der Waals surface area contributed by atoms with Crippen molar-refractivity contribution in [2.75, 3.05) is 39.1 Å². The molecule has 3 rings (SSSR count). The summed E-state index contributed by atoms with van der Waals surface area (Å²) in [6.45, 7) is 1.94. The molecule has 0 spiro atoms. The van der Waals surface area contributed by atoms with E-state index in [1.54, 1.807) is 6.92 Å². The predicted molar refractivity (Wildman–Crippen MR) is 130 cm³/mol. The highest BCUT2D eigenvalue weighted by atomic mass is 32.2. The quantitative estimate of drug-likeness (QED) is 0.525. The molecule has 1 heterocycles. The van der Waals surface area contributed by atoms with Gasteiger partial charge in [-0.2, -0.15) is 4.31 Å². The molecule has 1 fully saturated rings. The first-order valence-electron chi connectivity index (χ1n) is 11.0. The number of hydrogen-bond acceptors (Lipinski definition) is 7. The molecule has 0 atom stereocenters. The number of esters is 1. The lowest BCUT2D eigenvalue weighted by Crippen LogP contribution is -2.35. The monoisotopic (exact) mass is 523 g/mol. The smallest absolute Gasteiger partial charge is 0.338 e. The zero-order valence-electron chi connectivity index (χ0n) is 19.9. The molecule has 1 amide bonds. The minimum Gasteiger partial charge on any atom is -0.452 e. The van der Waals surface area contributed by atoms with Gasteiger partial charge in [0.25, 0.3) is 5.91 Å². The Morgan fingerprint density at radius 1 is 0.943 bits per heavy atom. The van der Waals surface area contributed by atoms with Gasteiger partial charge in [-0.15, -0.1) is 0 Å². The van der Waals surface area contributed by atoms with E-state index in [2.05, 4.69) is 5.32 Å². The lowest BCUT2D eigenvalue weighted by atomic mass is 10.1. The standard InChI is InChI=1S/C23H29N3O7S2/c1-17-7-10-20(35(31,32)26-13-5-4-6-14-26)15-21(17)23(28)33-16-22(27)24-18-8-11-19(12-9-18)34(29,30)25(2)3/h7-12,15H,4-6,13-14,16H2,1-3H3,(H,24,27). The Balaban J connectivity index is 1.64. The molecule has 10 nitrogen and oxygen atoms in total. The number of hydrogen-bond donors (Lipinski definition) is 1. The second kappa shape index (κ2) is 10.9. The lowest BCUT2D eigenvalue weighted by molar-refractivity contribution is -0.119. The van der Waals surface area contributed by atoms with Crippen molar-refractivity contribution in [2.24, 2.45) is 0 Å². The maximum Gasteiger partial charge on any atom is 0.338 e. The van der Waals surface area contributed by atoms with Crippen LogP contribution in [0, 0.1) is 6.92 Å². The van der Waals surface area contributed by atoms with E-state index in [9.17, 15) is 26.4 Å². The summed E-state index contributed by atoms with van der Waals surface area (Å²) in [6, 6.07) is 9.84. The fraction of sp³-hybridized carbons (Fsp3) is 0.391. The number of amides is 1. The van der Waals surface area contributed by atoms with Crippen LogP contribution in [0.2, 0.25) is 0 Å². The minimum atomic E-state index is -3.73. The molecule has 2 aromatic rings. The van der Waals surface area contributed by atoms with Crippen LogP contribution in [0.15, 0.2) is 52.3 Å². The van der Waals surface area contributed by atoms with Gasteiger partial charge in [-0.1, -0.05) is 12.5 Å². The number of nitrogens with zero attached hydrogens (tertiary/aromatic N) is 2. The Labute approximate surface area is 206 Å². The van der Waals surface area contributed by atoms with E-state index in [-0.39, 0.29) is 15.4 Å². The van der Waals surface area contributed by atoms with Crippen molar-refractivity contribution < 1.29 is 31.2 Å². The Morgan fingerprint density at radius 2 is 1.54 bits per heavy atom. The fourth-order valence-corrected chi connectivity index (χ4v) is 6.01. The summed E-state index contributed by atoms with van der Waals surface area (Å²) in [7, 11) is -4.49. The van der Waals surface area contributed by atoms with Crippen molar-refractivity contribution in [3.63, 3.8) is 0 Å². The van der Waals surface area contributed by atoms with Crippen molar-refractivity contribution in [3.8, 4) is 0 Å². The molecule has 0 aromatic heterocycles. The molecule has 0 radical (unpaired) electrons. The van der Waals surface area contributed by atoms with Crippen molar-refractivity contribution >= 4 is 37.6 Å². The summed E-state index contributed by atoms with van der Waals surface area (Å²) >= 11 is 0. The highest BCUT2D eigenvalue weighted by Crippen LogP contribution is 2.23. The molecule has 190 valence electrons. The summed E-state index contributed by atoms with van der Waals surface area (Å²) in [5.74, 6) is -1.45. The van der Waals surface area contributed by atoms with E-state index in [4.69, 9.17) is 4.74 Å². The highest BCUT2D eigenvalue weighted by Gasteiger charge is 2.27. The van der Waals surface area contributed by atoms with Gasteiger partial charge in [-0.05, 0) is 61.7 Å². The van der Waals surface area contributed by atoms with Crippen LogP contribution in [0.4, 0.5) is 5.69 Å². The normalized spacial score (nSPS) is 15.1. The van der Waals surface area contributed by atoms with Gasteiger partial charge >= 0.3 is 5.97 Å². The number of anilines is 1. The van der Waals surface area contributed by atoms with Crippen LogP contribution in [0.5, 0.6) is 0 Å². The Kier molecular flexibility index (Phi) is 8.31. The zero-order valence-corrected chi connectivity index (χ0v) is 21.5. The molecule has 0 aliphatic carbocycles. The first kappa shape index (κ1) is 26.8. The van der Waals surface area contributed by atoms with Gasteiger partial charge in [-0.3, -0.25) is 4.79 Å². The van der Waals surface area contributed by atoms with Crippen molar-refractivity contribution in [1.29, 1.82) is 0 Å². The molecule has 12 heteroatoms. The molecule has 0 saturated carbocycles. The van der Waals surface area contributed by atoms with Crippen LogP contribution < -0.4 is 5.32 Å². The number of rotatable bonds is 8. The first-order chi connectivity index (χ1) is 16.4. The largest absolute Gasteiger partial charge is 0.452 e. The Hall–Kier alpha value is -2.80. The second-order valence-electron chi connectivity index (χ2n) is 8.38. The number of piperidine rings is 1. The van der Waals surface area contributed by atoms with Crippen LogP contribution in [-0.4, -0.2) is 71.1 Å². The summed E-state index contributed by atoms with van der Waals surface area (Å²) in [4.78, 5) is 24.9. The zero-order chi connectivity index (χ0) is 25.8. The van der Waals surface area contributed by atoms with Gasteiger partial charge in [0, 0.05) is 32.9 Å². The van der Waals surface area contributed by atoms with Crippen LogP contribution in [0.3, 0.4) is 0 Å². The fourth-order valence-electron chi connectivity index (χ4n) is 3.56. The molecular formula is C23H29N3O7S2. The van der Waals surface area contributed by atoms with E-state index >= 15 is 0 Å². The first-order valence-corrected chi connectivity index (χ1v) is 13.9. The molecule has 1 aliphatic rings. The van der Waals surface area contributed by atoms with Crippen LogP contribution in [0.25, 0.3) is 0 Å². The van der Waals surface area contributed by atoms with E-state index < -0.39 is 38.5 Å². The van der Waals surface area contributed by atoms with Crippen molar-refractivity contribution in [2.45, 2.75) is 36.0 Å². The Bertz CT molecular complexity index is 1300. The van der Waals surface area contributed by atoms with Crippen LogP contribution >= 0.6 is 0 Å². The number of sulfonamides is 2. The maximum absolute atomic E-state index is 12.9. The summed E-state index contributed by atoms with van der Waals surface area (Å²) in [5, 5.41) is 2.52. The third kappa shape index (κ3) is 6.26. The SMILES string of the molecule is Cc1ccc(S(=O)(=O)N2CCCCC2)cc1C(=O)OCC(=O)Nc1ccc(S(=O)(=O)N(C)C)cc1. The molecule has 2 aromatic carbocycles. The molecule has 35 heavy (non-hydrogen) atoms. The third-order valence-electron chi connectivity index (χ3n) is 5.63. The predicted octanol–water partition coefficient (Wildman–Crippen LogP) is 2.22. The summed E-state index contributed by atoms with van der Waals surface area (Å²) in [5.41, 5.74) is 0.911. The molecule has 0 unspecified atom stereocenters. The van der Waals surface area contributed by atoms with E-state index in [1.165, 1.54) is 60.9 Å². The average molecular weight is 524 g/mol. The lowest BCUT2D eigenvalue weighted by Gasteiger charge is -2.26. The number of carbonyl (C=O) groups excluding carboxylic acids is 2. The number of carbonyl (C=O) groups is 2. The van der Waals surface area contributed by atoms with Crippen LogP contribution in [-0.2, 0) is 29.6 Å². The minimum absolute atomic E-state index is 0.00849. The molecule has 1 aliphatic heterocycles. The van der Waals surface area contributed by atoms with E-state index in [0.717, 1.165) is 23.6 Å². The van der Waals surface area contributed by atoms with Gasteiger partial charge < -0.3 is 10.1 Å². The molecule has 1 saturated heterocycles. The second-order valence-corrected chi connectivity index (χ2v) is 12.5. The highest BCUT2D eigenvalue weighted by molar-refractivity contribution is 7.89. The number of ether oxygens (including phenoxy) is 1. The maximum atomic E-state index is 12.9. The number of aryl methyl sites for hydroxylation is 1. The summed E-state index contributed by atoms with van der Waals surface area (Å²) < 4.78 is 57.7. The van der Waals surface area contributed by atoms with Gasteiger partial charge in [-0.25, -0.2) is 25.9 Å². The Morgan fingerprint density at radius 3 is 2.14 bits per heavy atom. The van der Waals surface area contributed by atoms with Crippen LogP contribution in [0.1, 0.15) is 35.2 Å². The van der Waals surface area contributed by atoms with Gasteiger partial charge in [0.15, 0.2) is 6.61 Å². The molecular weight excluding hydrogens is 494 g/mol. The van der Waals surface area contributed by atoms with Crippen molar-refractivity contribution in [1.82, 2.24) is 8.61 Å². The van der Waals surface area contributed by atoms with Gasteiger partial charge in [0.2, 0.25) is 20.0 Å². The number of nitrogens with one attached hydrogen (secondary N) is 1.